The van der Waals surface area contributed by atoms with Gasteiger partial charge in [0.15, 0.2) is 6.29 Å². The molecule has 10 heteroatoms. The van der Waals surface area contributed by atoms with Crippen molar-refractivity contribution in [2.45, 2.75) is 69.5 Å². The van der Waals surface area contributed by atoms with Crippen LogP contribution >= 0.6 is 0 Å². The van der Waals surface area contributed by atoms with Gasteiger partial charge in [-0.3, -0.25) is 9.97 Å². The Morgan fingerprint density at radius 1 is 0.833 bits per heavy atom. The third-order valence-corrected chi connectivity index (χ3v) is 5.26. The second kappa shape index (κ2) is 12.1. The normalized spacial score (nSPS) is 26.8. The number of aliphatic hydroxyl groups excluding tert-OH is 3. The molecule has 1 aliphatic heterocycles. The summed E-state index contributed by atoms with van der Waals surface area (Å²) < 4.78 is 21.1. The number of unbranched alkanes of at least 4 members (excludes halogenated alkanes) is 2. The van der Waals surface area contributed by atoms with E-state index in [1.165, 1.54) is 0 Å². The summed E-state index contributed by atoms with van der Waals surface area (Å²) in [6, 6.07) is 0. The van der Waals surface area contributed by atoms with Crippen LogP contribution in [0.5, 0.6) is 0 Å². The van der Waals surface area contributed by atoms with Crippen molar-refractivity contribution in [1.29, 1.82) is 0 Å². The minimum absolute atomic E-state index is 0.400. The summed E-state index contributed by atoms with van der Waals surface area (Å²) in [5.41, 5.74) is 0. The molecule has 0 aromatic carbocycles. The molecule has 5 atom stereocenters. The molecule has 0 bridgehead atoms. The number of H-pyrrole nitrogens is 2. The van der Waals surface area contributed by atoms with Crippen LogP contribution in [-0.4, -0.2) is 75.8 Å². The highest BCUT2D eigenvalue weighted by Gasteiger charge is 2.45. The third kappa shape index (κ3) is 6.59. The van der Waals surface area contributed by atoms with Crippen molar-refractivity contribution in [3.05, 3.63) is 37.4 Å². The van der Waals surface area contributed by atoms with Crippen LogP contribution in [0.1, 0.15) is 25.7 Å². The van der Waals surface area contributed by atoms with Crippen LogP contribution in [0, 0.1) is 0 Å². The van der Waals surface area contributed by atoms with Gasteiger partial charge in [-0.25, -0.2) is 9.13 Å². The van der Waals surface area contributed by atoms with Crippen molar-refractivity contribution >= 4 is 0 Å². The summed E-state index contributed by atoms with van der Waals surface area (Å²) in [4.78, 5) is 6.00. The van der Waals surface area contributed by atoms with Crippen LogP contribution < -0.4 is 9.13 Å². The van der Waals surface area contributed by atoms with E-state index in [0.29, 0.717) is 13.2 Å². The quantitative estimate of drug-likeness (QED) is 0.207. The predicted molar refractivity (Wildman–Crippen MR) is 104 cm³/mol. The van der Waals surface area contributed by atoms with Gasteiger partial charge in [0.25, 0.3) is 0 Å². The standard InChI is InChI=1S/C20H32N4O6/c25-13-16-17(26)18(28-11-3-1-7-23-9-5-21-14-23)19(20(27)30-16)29-12-4-2-8-24-10-6-22-15-24/h5-6,9-10,14-20,25-27H,1-4,7-8,11-13H2/p+2/t16-,17-,18+,19-,20?/m1/s1. The lowest BCUT2D eigenvalue weighted by molar-refractivity contribution is -0.696. The first-order valence-electron chi connectivity index (χ1n) is 10.6. The highest BCUT2D eigenvalue weighted by Crippen LogP contribution is 2.25. The average Bonchev–Trinajstić information content (AvgIpc) is 3.45. The number of aliphatic hydroxyl groups is 3. The van der Waals surface area contributed by atoms with Gasteiger partial charge in [-0.1, -0.05) is 0 Å². The molecule has 2 aromatic heterocycles. The van der Waals surface area contributed by atoms with Gasteiger partial charge in [-0.05, 0) is 25.7 Å². The molecule has 5 N–H and O–H groups in total. The highest BCUT2D eigenvalue weighted by atomic mass is 16.7. The molecule has 0 amide bonds. The molecule has 1 saturated heterocycles. The van der Waals surface area contributed by atoms with E-state index >= 15 is 0 Å². The molecule has 2 aromatic rings. The SMILES string of the molecule is OC[C@H]1OC(O)[C@H](OCCCC[n+]2cc[nH]c2)[C@@H](OCCCC[n+]2cc[nH]c2)[C@@H]1O. The molecule has 1 unspecified atom stereocenters. The van der Waals surface area contributed by atoms with E-state index in [1.54, 1.807) is 0 Å². The first-order valence-corrected chi connectivity index (χ1v) is 10.6. The number of aryl methyl sites for hydroxylation is 2. The molecule has 0 radical (unpaired) electrons. The predicted octanol–water partition coefficient (Wildman–Crippen LogP) is -0.981. The summed E-state index contributed by atoms with van der Waals surface area (Å²) in [7, 11) is 0. The number of rotatable bonds is 13. The number of nitrogens with one attached hydrogen (secondary N) is 2. The van der Waals surface area contributed by atoms with E-state index in [4.69, 9.17) is 14.2 Å². The van der Waals surface area contributed by atoms with Gasteiger partial charge in [0, 0.05) is 13.2 Å². The van der Waals surface area contributed by atoms with Crippen LogP contribution in [0.4, 0.5) is 0 Å². The van der Waals surface area contributed by atoms with Crippen molar-refractivity contribution < 1.29 is 38.7 Å². The molecule has 0 aliphatic carbocycles. The average molecular weight is 427 g/mol. The largest absolute Gasteiger partial charge is 0.394 e. The molecule has 3 heterocycles. The summed E-state index contributed by atoms with van der Waals surface area (Å²) in [6.07, 6.45) is 10.1. The fourth-order valence-electron chi connectivity index (χ4n) is 3.58. The Bertz CT molecular complexity index is 684. The second-order valence-corrected chi connectivity index (χ2v) is 7.52. The number of ether oxygens (including phenoxy) is 3. The minimum Gasteiger partial charge on any atom is -0.394 e. The van der Waals surface area contributed by atoms with E-state index in [9.17, 15) is 15.3 Å². The van der Waals surface area contributed by atoms with Gasteiger partial charge < -0.3 is 29.5 Å². The maximum absolute atomic E-state index is 10.5. The summed E-state index contributed by atoms with van der Waals surface area (Å²) in [5.74, 6) is 0. The second-order valence-electron chi connectivity index (χ2n) is 7.52. The lowest BCUT2D eigenvalue weighted by Gasteiger charge is -2.42. The van der Waals surface area contributed by atoms with E-state index in [0.717, 1.165) is 38.8 Å². The summed E-state index contributed by atoms with van der Waals surface area (Å²) in [5, 5.41) is 30.3. The van der Waals surface area contributed by atoms with Crippen molar-refractivity contribution in [2.75, 3.05) is 19.8 Å². The topological polar surface area (TPSA) is 128 Å². The number of hydrogen-bond acceptors (Lipinski definition) is 6. The molecular weight excluding hydrogens is 392 g/mol. The fraction of sp³-hybridized carbons (Fsp3) is 0.700. The van der Waals surface area contributed by atoms with Crippen LogP contribution in [0.15, 0.2) is 37.4 Å². The molecule has 10 nitrogen and oxygen atoms in total. The Morgan fingerprint density at radius 2 is 1.40 bits per heavy atom. The van der Waals surface area contributed by atoms with Gasteiger partial charge >= 0.3 is 0 Å². The van der Waals surface area contributed by atoms with Gasteiger partial charge in [0.1, 0.15) is 49.2 Å². The molecule has 168 valence electrons. The molecular formula is C20H34N4O6+2. The minimum atomic E-state index is -1.26. The van der Waals surface area contributed by atoms with Gasteiger partial charge in [0.2, 0.25) is 12.7 Å². The molecule has 3 rings (SSSR count). The third-order valence-electron chi connectivity index (χ3n) is 5.26. The maximum Gasteiger partial charge on any atom is 0.241 e. The van der Waals surface area contributed by atoms with Crippen molar-refractivity contribution in [3.8, 4) is 0 Å². The molecule has 0 spiro atoms. The van der Waals surface area contributed by atoms with Gasteiger partial charge in [-0.2, -0.15) is 0 Å². The van der Waals surface area contributed by atoms with E-state index in [-0.39, 0.29) is 0 Å². The number of hydrogen-bond donors (Lipinski definition) is 5. The summed E-state index contributed by atoms with van der Waals surface area (Å²) in [6.45, 7) is 2.16. The zero-order chi connectivity index (χ0) is 21.2. The monoisotopic (exact) mass is 426 g/mol. The van der Waals surface area contributed by atoms with E-state index in [2.05, 4.69) is 9.97 Å². The maximum atomic E-state index is 10.5. The Balaban J connectivity index is 1.43. The Morgan fingerprint density at radius 3 is 1.90 bits per heavy atom. The Hall–Kier alpha value is -1.82. The number of nitrogens with zero attached hydrogens (tertiary/aromatic N) is 2. The van der Waals surface area contributed by atoms with Crippen molar-refractivity contribution in [1.82, 2.24) is 9.97 Å². The van der Waals surface area contributed by atoms with Crippen LogP contribution in [0.25, 0.3) is 0 Å². The number of aromatic nitrogens is 4. The number of imidazole rings is 2. The lowest BCUT2D eigenvalue weighted by atomic mass is 9.98. The molecule has 1 fully saturated rings. The zero-order valence-electron chi connectivity index (χ0n) is 17.2. The smallest absolute Gasteiger partial charge is 0.241 e. The highest BCUT2D eigenvalue weighted by molar-refractivity contribution is 4.90. The van der Waals surface area contributed by atoms with E-state index in [1.807, 2.05) is 46.6 Å². The molecule has 30 heavy (non-hydrogen) atoms. The molecule has 0 saturated carbocycles. The van der Waals surface area contributed by atoms with Gasteiger partial charge in [-0.15, -0.1) is 0 Å². The fourth-order valence-corrected chi connectivity index (χ4v) is 3.58. The Kier molecular flexibility index (Phi) is 9.25. The lowest BCUT2D eigenvalue weighted by Crippen LogP contribution is -2.60. The zero-order valence-corrected chi connectivity index (χ0v) is 17.2. The van der Waals surface area contributed by atoms with Crippen LogP contribution in [-0.2, 0) is 27.3 Å². The number of aromatic amines is 2. The van der Waals surface area contributed by atoms with Crippen molar-refractivity contribution in [3.63, 3.8) is 0 Å². The first kappa shape index (κ1) is 22.9. The van der Waals surface area contributed by atoms with Crippen LogP contribution in [0.2, 0.25) is 0 Å². The van der Waals surface area contributed by atoms with Gasteiger partial charge in [0.05, 0.1) is 19.7 Å². The van der Waals surface area contributed by atoms with Crippen LogP contribution in [0.3, 0.4) is 0 Å². The molecule has 1 aliphatic rings. The van der Waals surface area contributed by atoms with E-state index < -0.39 is 37.3 Å². The van der Waals surface area contributed by atoms with Crippen molar-refractivity contribution in [2.24, 2.45) is 0 Å². The first-order chi connectivity index (χ1) is 14.7. The summed E-state index contributed by atoms with van der Waals surface area (Å²) >= 11 is 0. The Labute approximate surface area is 176 Å².